The van der Waals surface area contributed by atoms with E-state index in [4.69, 9.17) is 16.3 Å². The number of halogens is 2. The fourth-order valence-electron chi connectivity index (χ4n) is 2.76. The van der Waals surface area contributed by atoms with Crippen molar-refractivity contribution in [1.82, 2.24) is 10.2 Å². The monoisotopic (exact) mass is 372 g/mol. The average molecular weight is 374 g/mol. The number of benzene rings is 1. The zero-order valence-corrected chi connectivity index (χ0v) is 13.5. The third-order valence-corrected chi connectivity index (χ3v) is 4.53. The minimum Gasteiger partial charge on any atom is -0.381 e. The van der Waals surface area contributed by atoms with Gasteiger partial charge in [0.05, 0.1) is 6.54 Å². The van der Waals surface area contributed by atoms with Crippen LogP contribution in [0.5, 0.6) is 0 Å². The summed E-state index contributed by atoms with van der Waals surface area (Å²) in [6, 6.07) is 5.01. The van der Waals surface area contributed by atoms with E-state index in [-0.39, 0.29) is 18.5 Å². The van der Waals surface area contributed by atoms with Crippen molar-refractivity contribution in [2.75, 3.05) is 13.2 Å². The summed E-state index contributed by atoms with van der Waals surface area (Å²) < 4.78 is 6.10. The molecule has 7 heteroatoms. The van der Waals surface area contributed by atoms with Gasteiger partial charge in [-0.25, -0.2) is 4.79 Å². The molecule has 0 unspecified atom stereocenters. The Morgan fingerprint density at radius 3 is 2.67 bits per heavy atom. The van der Waals surface area contributed by atoms with Crippen LogP contribution in [0.1, 0.15) is 18.4 Å². The van der Waals surface area contributed by atoms with E-state index in [1.165, 1.54) is 4.90 Å². The van der Waals surface area contributed by atoms with Gasteiger partial charge in [0, 0.05) is 35.6 Å². The van der Waals surface area contributed by atoms with E-state index in [0.29, 0.717) is 31.1 Å². The SMILES string of the molecule is O=C1NC2(CCOCC2)C(=O)N1Cc1cc(Cl)cc(Br)c1. The van der Waals surface area contributed by atoms with Crippen LogP contribution in [0.15, 0.2) is 22.7 Å². The van der Waals surface area contributed by atoms with E-state index >= 15 is 0 Å². The van der Waals surface area contributed by atoms with Gasteiger partial charge in [0.1, 0.15) is 5.54 Å². The van der Waals surface area contributed by atoms with Gasteiger partial charge in [-0.3, -0.25) is 9.69 Å². The molecule has 1 spiro atoms. The molecule has 0 saturated carbocycles. The van der Waals surface area contributed by atoms with Gasteiger partial charge in [-0.2, -0.15) is 0 Å². The number of rotatable bonds is 2. The van der Waals surface area contributed by atoms with Crippen LogP contribution < -0.4 is 5.32 Å². The maximum absolute atomic E-state index is 12.6. The number of amides is 3. The Morgan fingerprint density at radius 1 is 1.29 bits per heavy atom. The van der Waals surface area contributed by atoms with Crippen LogP contribution in [0.3, 0.4) is 0 Å². The average Bonchev–Trinajstić information content (AvgIpc) is 2.63. The molecule has 1 aromatic carbocycles. The second-order valence-electron chi connectivity index (χ2n) is 5.29. The predicted octanol–water partition coefficient (Wildman–Crippen LogP) is 2.70. The predicted molar refractivity (Wildman–Crippen MR) is 81.0 cm³/mol. The Hall–Kier alpha value is -1.11. The van der Waals surface area contributed by atoms with Crippen LogP contribution in [-0.2, 0) is 16.1 Å². The first-order valence-corrected chi connectivity index (χ1v) is 7.84. The molecule has 2 saturated heterocycles. The number of ether oxygens (including phenoxy) is 1. The minimum absolute atomic E-state index is 0.174. The third kappa shape index (κ3) is 2.80. The van der Waals surface area contributed by atoms with Crippen LogP contribution in [-0.4, -0.2) is 35.6 Å². The fourth-order valence-corrected chi connectivity index (χ4v) is 3.69. The molecule has 5 nitrogen and oxygen atoms in total. The molecule has 0 radical (unpaired) electrons. The second kappa shape index (κ2) is 5.59. The second-order valence-corrected chi connectivity index (χ2v) is 6.65. The normalized spacial score (nSPS) is 21.0. The van der Waals surface area contributed by atoms with Crippen LogP contribution in [0.2, 0.25) is 5.02 Å². The lowest BCUT2D eigenvalue weighted by Crippen LogP contribution is -2.51. The number of urea groups is 1. The highest BCUT2D eigenvalue weighted by atomic mass is 79.9. The van der Waals surface area contributed by atoms with Crippen LogP contribution in [0.25, 0.3) is 0 Å². The summed E-state index contributed by atoms with van der Waals surface area (Å²) in [5.74, 6) is -0.174. The molecule has 1 N–H and O–H groups in total. The van der Waals surface area contributed by atoms with Gasteiger partial charge in [-0.05, 0) is 23.8 Å². The van der Waals surface area contributed by atoms with Crippen molar-refractivity contribution in [3.05, 3.63) is 33.3 Å². The maximum atomic E-state index is 12.6. The standard InChI is InChI=1S/C14H14BrClN2O3/c15-10-5-9(6-11(16)7-10)8-18-12(19)14(17-13(18)20)1-3-21-4-2-14/h5-7H,1-4,8H2,(H,17,20). The molecule has 0 bridgehead atoms. The Balaban J connectivity index is 1.82. The first-order chi connectivity index (χ1) is 10.00. The molecule has 0 atom stereocenters. The lowest BCUT2D eigenvalue weighted by atomic mass is 9.90. The van der Waals surface area contributed by atoms with Crippen molar-refractivity contribution in [2.24, 2.45) is 0 Å². The van der Waals surface area contributed by atoms with E-state index in [0.717, 1.165) is 10.0 Å². The third-order valence-electron chi connectivity index (χ3n) is 3.86. The number of nitrogens with one attached hydrogen (secondary N) is 1. The molecule has 2 aliphatic heterocycles. The summed E-state index contributed by atoms with van der Waals surface area (Å²) in [5, 5.41) is 3.39. The highest BCUT2D eigenvalue weighted by Crippen LogP contribution is 2.30. The molecule has 21 heavy (non-hydrogen) atoms. The largest absolute Gasteiger partial charge is 0.381 e. The summed E-state index contributed by atoms with van der Waals surface area (Å²) in [5.41, 5.74) is 0.0208. The first kappa shape index (κ1) is 14.8. The Kier molecular flexibility index (Phi) is 3.94. The minimum atomic E-state index is -0.787. The number of hydrogen-bond donors (Lipinski definition) is 1. The van der Waals surface area contributed by atoms with Crippen molar-refractivity contribution in [1.29, 1.82) is 0 Å². The molecule has 1 aromatic rings. The zero-order chi connectivity index (χ0) is 15.0. The maximum Gasteiger partial charge on any atom is 0.325 e. The van der Waals surface area contributed by atoms with Gasteiger partial charge in [0.15, 0.2) is 0 Å². The topological polar surface area (TPSA) is 58.6 Å². The molecule has 2 aliphatic rings. The number of nitrogens with zero attached hydrogens (tertiary/aromatic N) is 1. The number of imide groups is 1. The van der Waals surface area contributed by atoms with Crippen LogP contribution in [0.4, 0.5) is 4.79 Å². The molecule has 0 aliphatic carbocycles. The number of hydrogen-bond acceptors (Lipinski definition) is 3. The lowest BCUT2D eigenvalue weighted by molar-refractivity contribution is -0.134. The highest BCUT2D eigenvalue weighted by Gasteiger charge is 2.51. The molecule has 3 rings (SSSR count). The van der Waals surface area contributed by atoms with E-state index < -0.39 is 5.54 Å². The molecular weight excluding hydrogens is 360 g/mol. The quantitative estimate of drug-likeness (QED) is 0.811. The Bertz CT molecular complexity index is 582. The van der Waals surface area contributed by atoms with Crippen molar-refractivity contribution < 1.29 is 14.3 Å². The van der Waals surface area contributed by atoms with E-state index in [1.807, 2.05) is 6.07 Å². The summed E-state index contributed by atoms with van der Waals surface area (Å²) in [4.78, 5) is 26.0. The fraction of sp³-hybridized carbons (Fsp3) is 0.429. The van der Waals surface area contributed by atoms with Crippen molar-refractivity contribution >= 4 is 39.5 Å². The van der Waals surface area contributed by atoms with Gasteiger partial charge in [0.25, 0.3) is 5.91 Å². The van der Waals surface area contributed by atoms with Crippen LogP contribution >= 0.6 is 27.5 Å². The Labute approximate surface area is 135 Å². The van der Waals surface area contributed by atoms with Crippen molar-refractivity contribution in [3.63, 3.8) is 0 Å². The molecule has 2 heterocycles. The molecule has 112 valence electrons. The molecule has 0 aromatic heterocycles. The summed E-state index contributed by atoms with van der Waals surface area (Å²) >= 11 is 9.36. The van der Waals surface area contributed by atoms with Gasteiger partial charge < -0.3 is 10.1 Å². The van der Waals surface area contributed by atoms with E-state index in [9.17, 15) is 9.59 Å². The molecule has 2 fully saturated rings. The summed E-state index contributed by atoms with van der Waals surface area (Å²) in [6.45, 7) is 1.19. The zero-order valence-electron chi connectivity index (χ0n) is 11.2. The number of carbonyl (C=O) groups excluding carboxylic acids is 2. The molecule has 3 amide bonds. The highest BCUT2D eigenvalue weighted by molar-refractivity contribution is 9.10. The van der Waals surface area contributed by atoms with Gasteiger partial charge in [0.2, 0.25) is 0 Å². The van der Waals surface area contributed by atoms with E-state index in [2.05, 4.69) is 21.2 Å². The van der Waals surface area contributed by atoms with E-state index in [1.54, 1.807) is 12.1 Å². The first-order valence-electron chi connectivity index (χ1n) is 6.67. The van der Waals surface area contributed by atoms with Gasteiger partial charge in [-0.15, -0.1) is 0 Å². The Morgan fingerprint density at radius 2 is 2.00 bits per heavy atom. The lowest BCUT2D eigenvalue weighted by Gasteiger charge is -2.30. The van der Waals surface area contributed by atoms with Crippen LogP contribution in [0, 0.1) is 0 Å². The summed E-state index contributed by atoms with van der Waals surface area (Å²) in [6.07, 6.45) is 1.04. The van der Waals surface area contributed by atoms with Gasteiger partial charge in [-0.1, -0.05) is 27.5 Å². The smallest absolute Gasteiger partial charge is 0.325 e. The van der Waals surface area contributed by atoms with Crippen molar-refractivity contribution in [3.8, 4) is 0 Å². The summed E-state index contributed by atoms with van der Waals surface area (Å²) in [7, 11) is 0. The van der Waals surface area contributed by atoms with Gasteiger partial charge >= 0.3 is 6.03 Å². The van der Waals surface area contributed by atoms with Crippen molar-refractivity contribution in [2.45, 2.75) is 24.9 Å². The number of carbonyl (C=O) groups is 2. The molecular formula is C14H14BrClN2O3.